The van der Waals surface area contributed by atoms with Crippen LogP contribution in [0.5, 0.6) is 0 Å². The summed E-state index contributed by atoms with van der Waals surface area (Å²) in [5.41, 5.74) is 0. The van der Waals surface area contributed by atoms with Crippen molar-refractivity contribution in [2.45, 2.75) is 180 Å². The van der Waals surface area contributed by atoms with Crippen LogP contribution in [-0.2, 0) is 0 Å². The lowest BCUT2D eigenvalue weighted by molar-refractivity contribution is 0.531. The minimum atomic E-state index is 1.01. The molecule has 0 aliphatic rings. The van der Waals surface area contributed by atoms with E-state index in [-0.39, 0.29) is 0 Å². The minimum Gasteiger partial charge on any atom is -0.179 e. The SMILES string of the molecule is CCCCC/C=C\C/C=C\CCCCCCCCCCCCCCCCC/C=C(\S)C/C=C\CCCCCS. The molecule has 0 aromatic rings. The molecule has 2 heteroatoms. The van der Waals surface area contributed by atoms with Gasteiger partial charge in [0.2, 0.25) is 0 Å². The molecular weight excluding hydrogens is 509 g/mol. The first-order chi connectivity index (χ1) is 19.3. The zero-order valence-corrected chi connectivity index (χ0v) is 28.0. The van der Waals surface area contributed by atoms with Crippen LogP contribution in [0, 0.1) is 0 Å². The van der Waals surface area contributed by atoms with Gasteiger partial charge in [0.25, 0.3) is 0 Å². The highest BCUT2D eigenvalue weighted by atomic mass is 32.1. The van der Waals surface area contributed by atoms with Crippen LogP contribution in [0.2, 0.25) is 0 Å². The van der Waals surface area contributed by atoms with Crippen molar-refractivity contribution >= 4 is 25.3 Å². The van der Waals surface area contributed by atoms with Crippen LogP contribution in [0.15, 0.2) is 47.4 Å². The Balaban J connectivity index is 3.25. The van der Waals surface area contributed by atoms with Crippen molar-refractivity contribution in [1.82, 2.24) is 0 Å². The Morgan fingerprint density at radius 3 is 1.28 bits per heavy atom. The maximum Gasteiger partial charge on any atom is -0.00430 e. The van der Waals surface area contributed by atoms with Crippen LogP contribution in [0.1, 0.15) is 180 Å². The second-order valence-corrected chi connectivity index (χ2v) is 12.5. The molecule has 0 rings (SSSR count). The number of allylic oxidation sites excluding steroid dienone is 8. The summed E-state index contributed by atoms with van der Waals surface area (Å²) in [4.78, 5) is 1.24. The van der Waals surface area contributed by atoms with Crippen molar-refractivity contribution in [3.63, 3.8) is 0 Å². The zero-order chi connectivity index (χ0) is 28.3. The molecule has 39 heavy (non-hydrogen) atoms. The third-order valence-corrected chi connectivity index (χ3v) is 8.24. The lowest BCUT2D eigenvalue weighted by Crippen LogP contribution is -1.83. The van der Waals surface area contributed by atoms with Crippen LogP contribution in [0.4, 0.5) is 0 Å². The maximum absolute atomic E-state index is 4.64. The van der Waals surface area contributed by atoms with Crippen LogP contribution in [0.3, 0.4) is 0 Å². The fourth-order valence-corrected chi connectivity index (χ4v) is 5.41. The van der Waals surface area contributed by atoms with Crippen molar-refractivity contribution in [3.05, 3.63) is 47.4 Å². The molecule has 0 heterocycles. The minimum absolute atomic E-state index is 1.01. The molecule has 0 saturated carbocycles. The Bertz CT molecular complexity index is 572. The fourth-order valence-electron chi connectivity index (χ4n) is 4.95. The van der Waals surface area contributed by atoms with Gasteiger partial charge in [0, 0.05) is 0 Å². The molecule has 0 spiro atoms. The third kappa shape index (κ3) is 35.6. The van der Waals surface area contributed by atoms with Crippen LogP contribution in [-0.4, -0.2) is 5.75 Å². The number of unbranched alkanes of at least 4 members (excludes halogenated alkanes) is 22. The predicted molar refractivity (Wildman–Crippen MR) is 189 cm³/mol. The van der Waals surface area contributed by atoms with Crippen molar-refractivity contribution in [1.29, 1.82) is 0 Å². The predicted octanol–water partition coefficient (Wildman–Crippen LogP) is 14.0. The van der Waals surface area contributed by atoms with Gasteiger partial charge in [0.1, 0.15) is 0 Å². The standard InChI is InChI=1S/C37H68S2/c1-2-3-4-5-6-7-8-9-10-11-12-13-14-15-16-17-18-19-20-21-22-23-24-25-28-31-34-37(39)35-32-29-26-27-30-33-36-38/h6-7,9-10,29,32,34,38-39H,2-5,8,11-28,30-31,33,35-36H2,1H3/b7-6-,10-9-,32-29-,37-34-. The van der Waals surface area contributed by atoms with Gasteiger partial charge in [-0.1, -0.05) is 152 Å². The molecule has 0 radical (unpaired) electrons. The summed E-state index contributed by atoms with van der Waals surface area (Å²) >= 11 is 8.90. The maximum atomic E-state index is 4.64. The van der Waals surface area contributed by atoms with Crippen LogP contribution < -0.4 is 0 Å². The molecule has 0 nitrogen and oxygen atoms in total. The molecule has 0 aliphatic heterocycles. The Morgan fingerprint density at radius 2 is 0.821 bits per heavy atom. The van der Waals surface area contributed by atoms with Crippen molar-refractivity contribution < 1.29 is 0 Å². The summed E-state index contributed by atoms with van der Waals surface area (Å²) < 4.78 is 0. The summed E-state index contributed by atoms with van der Waals surface area (Å²) in [6.07, 6.45) is 52.7. The Kier molecular flexibility index (Phi) is 35.4. The van der Waals surface area contributed by atoms with E-state index in [1.807, 2.05) is 0 Å². The van der Waals surface area contributed by atoms with E-state index in [4.69, 9.17) is 0 Å². The van der Waals surface area contributed by atoms with Gasteiger partial charge in [-0.3, -0.25) is 0 Å². The Hall–Kier alpha value is -0.340. The summed E-state index contributed by atoms with van der Waals surface area (Å²) in [6.45, 7) is 2.27. The first-order valence-corrected chi connectivity index (χ1v) is 18.3. The zero-order valence-electron chi connectivity index (χ0n) is 26.2. The molecule has 0 aromatic carbocycles. The Labute approximate surface area is 257 Å². The van der Waals surface area contributed by atoms with E-state index in [1.165, 1.54) is 165 Å². The molecule has 0 atom stereocenters. The molecule has 0 bridgehead atoms. The molecule has 0 unspecified atom stereocenters. The largest absolute Gasteiger partial charge is 0.179 e. The highest BCUT2D eigenvalue weighted by Gasteiger charge is 1.95. The van der Waals surface area contributed by atoms with Gasteiger partial charge in [0.15, 0.2) is 0 Å². The van der Waals surface area contributed by atoms with Gasteiger partial charge < -0.3 is 0 Å². The third-order valence-electron chi connectivity index (χ3n) is 7.56. The van der Waals surface area contributed by atoms with E-state index in [9.17, 15) is 0 Å². The first kappa shape index (κ1) is 38.7. The molecule has 0 aliphatic carbocycles. The van der Waals surface area contributed by atoms with Gasteiger partial charge in [0.05, 0.1) is 0 Å². The van der Waals surface area contributed by atoms with Crippen molar-refractivity contribution in [3.8, 4) is 0 Å². The quantitative estimate of drug-likeness (QED) is 0.0457. The second-order valence-electron chi connectivity index (χ2n) is 11.5. The fraction of sp³-hybridized carbons (Fsp3) is 0.784. The smallest absolute Gasteiger partial charge is 0.00430 e. The average Bonchev–Trinajstić information content (AvgIpc) is 2.94. The topological polar surface area (TPSA) is 0 Å². The molecule has 0 fully saturated rings. The average molecular weight is 577 g/mol. The lowest BCUT2D eigenvalue weighted by atomic mass is 10.0. The molecular formula is C37H68S2. The van der Waals surface area contributed by atoms with E-state index >= 15 is 0 Å². The highest BCUT2D eigenvalue weighted by Crippen LogP contribution is 2.16. The Morgan fingerprint density at radius 1 is 0.436 bits per heavy atom. The number of hydrogen-bond donors (Lipinski definition) is 2. The van der Waals surface area contributed by atoms with Gasteiger partial charge in [-0.15, -0.1) is 12.6 Å². The van der Waals surface area contributed by atoms with Crippen LogP contribution in [0.25, 0.3) is 0 Å². The summed E-state index contributed by atoms with van der Waals surface area (Å²) in [6, 6.07) is 0. The van der Waals surface area contributed by atoms with Gasteiger partial charge in [-0.2, -0.15) is 12.6 Å². The first-order valence-electron chi connectivity index (χ1n) is 17.2. The normalized spacial score (nSPS) is 12.6. The number of thiol groups is 2. The molecule has 0 amide bonds. The monoisotopic (exact) mass is 576 g/mol. The molecule has 0 aromatic heterocycles. The van der Waals surface area contributed by atoms with E-state index in [0.29, 0.717) is 0 Å². The van der Waals surface area contributed by atoms with Crippen molar-refractivity contribution in [2.24, 2.45) is 0 Å². The molecule has 0 N–H and O–H groups in total. The second kappa shape index (κ2) is 35.7. The van der Waals surface area contributed by atoms with E-state index in [1.54, 1.807) is 0 Å². The van der Waals surface area contributed by atoms with E-state index < -0.39 is 0 Å². The van der Waals surface area contributed by atoms with Gasteiger partial charge in [-0.25, -0.2) is 0 Å². The molecule has 228 valence electrons. The lowest BCUT2D eigenvalue weighted by Gasteiger charge is -2.03. The van der Waals surface area contributed by atoms with Gasteiger partial charge in [-0.05, 0) is 81.3 Å². The van der Waals surface area contributed by atoms with Crippen LogP contribution >= 0.6 is 25.3 Å². The van der Waals surface area contributed by atoms with E-state index in [0.717, 1.165) is 18.6 Å². The van der Waals surface area contributed by atoms with Gasteiger partial charge >= 0.3 is 0 Å². The summed E-state index contributed by atoms with van der Waals surface area (Å²) in [7, 11) is 0. The van der Waals surface area contributed by atoms with E-state index in [2.05, 4.69) is 74.7 Å². The number of rotatable bonds is 31. The van der Waals surface area contributed by atoms with Crippen molar-refractivity contribution in [2.75, 3.05) is 5.75 Å². The highest BCUT2D eigenvalue weighted by molar-refractivity contribution is 7.84. The summed E-state index contributed by atoms with van der Waals surface area (Å²) in [5.74, 6) is 1.02. The molecule has 0 saturated heterocycles. The number of hydrogen-bond acceptors (Lipinski definition) is 2. The summed E-state index contributed by atoms with van der Waals surface area (Å²) in [5, 5.41) is 0.